The molecule has 2 spiro atoms. The van der Waals surface area contributed by atoms with Crippen LogP contribution < -0.4 is 0 Å². The van der Waals surface area contributed by atoms with Gasteiger partial charge < -0.3 is 25.5 Å². The van der Waals surface area contributed by atoms with Gasteiger partial charge in [0.1, 0.15) is 6.10 Å². The van der Waals surface area contributed by atoms with E-state index in [0.29, 0.717) is 19.3 Å². The van der Waals surface area contributed by atoms with Crippen molar-refractivity contribution in [3.63, 3.8) is 0 Å². The summed E-state index contributed by atoms with van der Waals surface area (Å²) in [5, 5.41) is 57.3. The minimum absolute atomic E-state index is 0.0300. The molecule has 2 bridgehead atoms. The van der Waals surface area contributed by atoms with Crippen molar-refractivity contribution in [2.45, 2.75) is 143 Å². The number of rotatable bonds is 2. The van der Waals surface area contributed by atoms with Crippen LogP contribution in [-0.4, -0.2) is 62.3 Å². The average molecular weight is 609 g/mol. The van der Waals surface area contributed by atoms with Crippen LogP contribution in [-0.2, 0) is 4.79 Å². The Hall–Kier alpha value is -1.23. The van der Waals surface area contributed by atoms with Crippen LogP contribution in [0, 0.1) is 67.5 Å². The number of carbonyl (C=O) groups is 1. The third-order valence-corrected chi connectivity index (χ3v) is 16.4. The molecular weight excluding hydrogens is 552 g/mol. The molecule has 5 saturated carbocycles. The van der Waals surface area contributed by atoms with Crippen molar-refractivity contribution in [2.75, 3.05) is 6.61 Å². The van der Waals surface area contributed by atoms with E-state index >= 15 is 0 Å². The normalized spacial score (nSPS) is 54.8. The zero-order valence-corrected chi connectivity index (χ0v) is 27.7. The summed E-state index contributed by atoms with van der Waals surface area (Å²) in [5.74, 6) is 6.14. The lowest BCUT2D eigenvalue weighted by molar-refractivity contribution is -0.259. The Kier molecular flexibility index (Phi) is 6.89. The molecule has 5 N–H and O–H groups in total. The van der Waals surface area contributed by atoms with Gasteiger partial charge in [-0.3, -0.25) is 4.79 Å². The summed E-state index contributed by atoms with van der Waals surface area (Å²) < 4.78 is 0. The molecule has 6 nitrogen and oxygen atoms in total. The largest absolute Gasteiger partial charge is 0.394 e. The zero-order valence-electron chi connectivity index (χ0n) is 27.7. The molecule has 0 aromatic rings. The molecule has 8 aliphatic carbocycles. The van der Waals surface area contributed by atoms with E-state index in [9.17, 15) is 30.3 Å². The summed E-state index contributed by atoms with van der Waals surface area (Å²) in [6.07, 6.45) is 9.46. The molecule has 0 aliphatic heterocycles. The smallest absolute Gasteiger partial charge is 0.159 e. The van der Waals surface area contributed by atoms with Crippen molar-refractivity contribution in [3.05, 3.63) is 11.6 Å². The maximum Gasteiger partial charge on any atom is 0.159 e. The lowest BCUT2D eigenvalue weighted by atomic mass is 9.30. The van der Waals surface area contributed by atoms with Crippen LogP contribution in [0.1, 0.15) is 118 Å². The summed E-state index contributed by atoms with van der Waals surface area (Å²) in [5.41, 5.74) is -2.06. The molecule has 13 atom stereocenters. The van der Waals surface area contributed by atoms with E-state index in [-0.39, 0.29) is 34.4 Å². The Labute approximate surface area is 264 Å². The fourth-order valence-electron chi connectivity index (χ4n) is 14.4. The highest BCUT2D eigenvalue weighted by Crippen LogP contribution is 2.79. The molecule has 0 unspecified atom stereocenters. The van der Waals surface area contributed by atoms with Gasteiger partial charge in [-0.05, 0) is 109 Å². The summed E-state index contributed by atoms with van der Waals surface area (Å²) in [4.78, 5) is 14.9. The number of fused-ring (bicyclic) bond motifs is 8. The molecule has 8 aliphatic rings. The minimum atomic E-state index is -1.07. The predicted molar refractivity (Wildman–Crippen MR) is 168 cm³/mol. The molecule has 5 fully saturated rings. The van der Waals surface area contributed by atoms with E-state index in [2.05, 4.69) is 39.5 Å². The minimum Gasteiger partial charge on any atom is -0.394 e. The molecule has 44 heavy (non-hydrogen) atoms. The summed E-state index contributed by atoms with van der Waals surface area (Å²) in [7, 11) is 0. The van der Waals surface area contributed by atoms with Gasteiger partial charge in [0.2, 0.25) is 0 Å². The molecule has 244 valence electrons. The maximum absolute atomic E-state index is 14.9. The van der Waals surface area contributed by atoms with Crippen molar-refractivity contribution in [2.24, 2.45) is 55.7 Å². The topological polar surface area (TPSA) is 118 Å². The fraction of sp³-hybridized carbons (Fsp3) is 0.868. The first kappa shape index (κ1) is 31.4. The molecule has 0 radical (unpaired) electrons. The van der Waals surface area contributed by atoms with Gasteiger partial charge in [-0.1, -0.05) is 59.0 Å². The number of aliphatic hydroxyl groups is 5. The second-order valence-corrected chi connectivity index (χ2v) is 18.0. The van der Waals surface area contributed by atoms with Crippen LogP contribution in [0.3, 0.4) is 0 Å². The van der Waals surface area contributed by atoms with Crippen molar-refractivity contribution < 1.29 is 30.3 Å². The monoisotopic (exact) mass is 608 g/mol. The molecule has 8 rings (SSSR count). The molecule has 0 amide bonds. The first-order valence-electron chi connectivity index (χ1n) is 17.7. The molecule has 0 heterocycles. The van der Waals surface area contributed by atoms with Crippen LogP contribution >= 0.6 is 0 Å². The van der Waals surface area contributed by atoms with E-state index in [0.717, 1.165) is 69.8 Å². The van der Waals surface area contributed by atoms with Crippen LogP contribution in [0.4, 0.5) is 0 Å². The summed E-state index contributed by atoms with van der Waals surface area (Å²) >= 11 is 0. The number of aliphatic hydroxyl groups excluding tert-OH is 5. The number of carbonyl (C=O) groups excluding carboxylic acids is 1. The van der Waals surface area contributed by atoms with Crippen LogP contribution in [0.5, 0.6) is 0 Å². The van der Waals surface area contributed by atoms with Gasteiger partial charge in [-0.2, -0.15) is 0 Å². The standard InChI is InChI=1S/C38H56O6/c1-32-13-7-6-10-28(42)38(37(22-32)14-8-9-15-37)24(19-32)23-18-25(40)31-33(2)16-12-27(41)36(5,30(44)21-39)26(33)11-17-34(31,3)35(23,4)20-29(38)43/h18,24,26-31,39,41-44H,7-9,11-17,19-22H2,1-5H3/t24-,26+,27+,28-,29+,30-,31-,32-,33+,34-,35-,36+,38-/m1/s1. The molecule has 0 aromatic heterocycles. The Bertz CT molecular complexity index is 1320. The zero-order chi connectivity index (χ0) is 31.7. The number of ketones is 1. The quantitative estimate of drug-likeness (QED) is 0.284. The van der Waals surface area contributed by atoms with Crippen LogP contribution in [0.25, 0.3) is 0 Å². The second kappa shape index (κ2) is 9.66. The van der Waals surface area contributed by atoms with Crippen molar-refractivity contribution in [1.29, 1.82) is 0 Å². The fourth-order valence-corrected chi connectivity index (χ4v) is 14.4. The summed E-state index contributed by atoms with van der Waals surface area (Å²) in [6.45, 7) is 10.7. The third kappa shape index (κ3) is 3.50. The van der Waals surface area contributed by atoms with Crippen molar-refractivity contribution in [1.82, 2.24) is 0 Å². The maximum atomic E-state index is 14.9. The van der Waals surface area contributed by atoms with Gasteiger partial charge in [0.05, 0.1) is 24.9 Å². The van der Waals surface area contributed by atoms with Gasteiger partial charge in [-0.25, -0.2) is 0 Å². The van der Waals surface area contributed by atoms with Crippen molar-refractivity contribution in [3.8, 4) is 11.8 Å². The van der Waals surface area contributed by atoms with Gasteiger partial charge in [0, 0.05) is 23.2 Å². The number of hydrogen-bond donors (Lipinski definition) is 5. The van der Waals surface area contributed by atoms with Gasteiger partial charge in [0.15, 0.2) is 5.78 Å². The van der Waals surface area contributed by atoms with Crippen LogP contribution in [0.2, 0.25) is 0 Å². The van der Waals surface area contributed by atoms with Gasteiger partial charge in [0.25, 0.3) is 0 Å². The average Bonchev–Trinajstić information content (AvgIpc) is 3.44. The Morgan fingerprint density at radius 1 is 0.932 bits per heavy atom. The highest BCUT2D eigenvalue weighted by molar-refractivity contribution is 5.95. The Morgan fingerprint density at radius 3 is 2.32 bits per heavy atom. The lowest BCUT2D eigenvalue weighted by Gasteiger charge is -2.74. The SMILES string of the molecule is C[C@@]12CCC#C[C@@H](O)[C@@]3([C@H](C1)C1=CC(=O)[C@@H]4[C@@]5(C)CC[C@H](O)[C@@](C)([C@H](O)CO)[C@H]5CC[C@@]4(C)[C@]1(C)C[C@@H]3O)C1(CCCC1)C2. The van der Waals surface area contributed by atoms with Gasteiger partial charge in [-0.15, -0.1) is 5.92 Å². The highest BCUT2D eigenvalue weighted by Gasteiger charge is 2.77. The first-order chi connectivity index (χ1) is 20.6. The molecule has 0 aromatic carbocycles. The van der Waals surface area contributed by atoms with Crippen molar-refractivity contribution >= 4 is 5.78 Å². The van der Waals surface area contributed by atoms with Crippen LogP contribution in [0.15, 0.2) is 11.6 Å². The second-order valence-electron chi connectivity index (χ2n) is 18.0. The van der Waals surface area contributed by atoms with Gasteiger partial charge >= 0.3 is 0 Å². The molecular formula is C38H56O6. The summed E-state index contributed by atoms with van der Waals surface area (Å²) in [6, 6.07) is 0. The number of hydrogen-bond acceptors (Lipinski definition) is 6. The molecule has 0 saturated heterocycles. The highest BCUT2D eigenvalue weighted by atomic mass is 16.3. The van der Waals surface area contributed by atoms with E-state index in [1.54, 1.807) is 0 Å². The Balaban J connectivity index is 1.41. The van der Waals surface area contributed by atoms with E-state index in [1.165, 1.54) is 0 Å². The number of allylic oxidation sites excluding steroid dienone is 2. The Morgan fingerprint density at radius 2 is 1.64 bits per heavy atom. The van der Waals surface area contributed by atoms with E-state index in [1.807, 2.05) is 13.0 Å². The first-order valence-corrected chi connectivity index (χ1v) is 17.7. The molecule has 6 heteroatoms. The predicted octanol–water partition coefficient (Wildman–Crippen LogP) is 4.94. The third-order valence-electron chi connectivity index (χ3n) is 16.4. The van der Waals surface area contributed by atoms with E-state index in [4.69, 9.17) is 0 Å². The lowest BCUT2D eigenvalue weighted by Crippen LogP contribution is -2.73. The van der Waals surface area contributed by atoms with E-state index < -0.39 is 58.1 Å².